The van der Waals surface area contributed by atoms with E-state index in [9.17, 15) is 9.90 Å². The molecule has 2 aromatic carbocycles. The molecule has 0 fully saturated rings. The van der Waals surface area contributed by atoms with Crippen molar-refractivity contribution >= 4 is 57.2 Å². The molecule has 24 heavy (non-hydrogen) atoms. The van der Waals surface area contributed by atoms with Gasteiger partial charge in [-0.25, -0.2) is 9.97 Å². The van der Waals surface area contributed by atoms with Crippen molar-refractivity contribution in [3.63, 3.8) is 0 Å². The van der Waals surface area contributed by atoms with Crippen molar-refractivity contribution in [2.45, 2.75) is 0 Å². The first-order valence-electron chi connectivity index (χ1n) is 6.93. The van der Waals surface area contributed by atoms with Gasteiger partial charge >= 0.3 is 0 Å². The van der Waals surface area contributed by atoms with Crippen LogP contribution >= 0.6 is 23.2 Å². The summed E-state index contributed by atoms with van der Waals surface area (Å²) in [5.74, 6) is 0.203. The Morgan fingerprint density at radius 2 is 2.00 bits per heavy atom. The van der Waals surface area contributed by atoms with Crippen molar-refractivity contribution in [1.29, 1.82) is 0 Å². The van der Waals surface area contributed by atoms with Gasteiger partial charge in [0.1, 0.15) is 23.8 Å². The summed E-state index contributed by atoms with van der Waals surface area (Å²) in [4.78, 5) is 19.8. The molecule has 1 amide bonds. The van der Waals surface area contributed by atoms with Gasteiger partial charge in [-0.3, -0.25) is 4.79 Å². The fourth-order valence-corrected chi connectivity index (χ4v) is 2.40. The average Bonchev–Trinajstić information content (AvgIpc) is 2.58. The summed E-state index contributed by atoms with van der Waals surface area (Å²) in [6.45, 7) is 0. The molecule has 0 atom stereocenters. The number of nitrogens with zero attached hydrogens (tertiary/aromatic N) is 2. The van der Waals surface area contributed by atoms with Crippen LogP contribution in [0.15, 0.2) is 42.7 Å². The monoisotopic (exact) mass is 362 g/mol. The molecule has 0 aliphatic carbocycles. The number of anilines is 3. The normalized spacial score (nSPS) is 10.6. The minimum absolute atomic E-state index is 0.0892. The Bertz CT molecular complexity index is 918. The highest BCUT2D eigenvalue weighted by Gasteiger charge is 2.09. The van der Waals surface area contributed by atoms with Crippen LogP contribution in [0.25, 0.3) is 10.9 Å². The summed E-state index contributed by atoms with van der Waals surface area (Å²) in [6, 6.07) is 9.81. The first-order valence-corrected chi connectivity index (χ1v) is 7.84. The number of nitrogens with one attached hydrogen (secondary N) is 2. The number of halogens is 2. The number of phenolic OH excluding ortho intramolecular Hbond substituents is 1. The zero-order valence-electron chi connectivity index (χ0n) is 12.3. The number of phenols is 1. The smallest absolute Gasteiger partial charge is 0.239 e. The fourth-order valence-electron chi connectivity index (χ4n) is 2.17. The van der Waals surface area contributed by atoms with Crippen LogP contribution in [0.4, 0.5) is 17.2 Å². The fraction of sp³-hybridized carbons (Fsp3) is 0.0625. The van der Waals surface area contributed by atoms with Crippen LogP contribution in [-0.2, 0) is 4.79 Å². The van der Waals surface area contributed by atoms with Gasteiger partial charge in [0, 0.05) is 17.1 Å². The highest BCUT2D eigenvalue weighted by atomic mass is 35.5. The van der Waals surface area contributed by atoms with E-state index in [1.165, 1.54) is 18.5 Å². The van der Waals surface area contributed by atoms with E-state index >= 15 is 0 Å². The second kappa shape index (κ2) is 6.90. The van der Waals surface area contributed by atoms with Crippen molar-refractivity contribution in [2.24, 2.45) is 0 Å². The molecule has 0 spiro atoms. The molecule has 0 bridgehead atoms. The van der Waals surface area contributed by atoms with Gasteiger partial charge < -0.3 is 15.7 Å². The van der Waals surface area contributed by atoms with Crippen LogP contribution < -0.4 is 10.6 Å². The first kappa shape index (κ1) is 16.3. The lowest BCUT2D eigenvalue weighted by Crippen LogP contribution is -2.12. The first-order chi connectivity index (χ1) is 11.6. The lowest BCUT2D eigenvalue weighted by atomic mass is 10.2. The Labute approximate surface area is 147 Å². The minimum atomic E-state index is -0.296. The number of amides is 1. The van der Waals surface area contributed by atoms with Gasteiger partial charge in [0.15, 0.2) is 0 Å². The van der Waals surface area contributed by atoms with Crippen LogP contribution in [0.1, 0.15) is 0 Å². The highest BCUT2D eigenvalue weighted by molar-refractivity contribution is 6.33. The van der Waals surface area contributed by atoms with Gasteiger partial charge in [0.05, 0.1) is 16.2 Å². The second-order valence-electron chi connectivity index (χ2n) is 4.93. The highest BCUT2D eigenvalue weighted by Crippen LogP contribution is 2.31. The topological polar surface area (TPSA) is 87.1 Å². The van der Waals surface area contributed by atoms with Crippen LogP contribution in [0.2, 0.25) is 5.02 Å². The summed E-state index contributed by atoms with van der Waals surface area (Å²) < 4.78 is 0. The Balaban J connectivity index is 1.97. The van der Waals surface area contributed by atoms with Gasteiger partial charge in [-0.1, -0.05) is 11.6 Å². The summed E-state index contributed by atoms with van der Waals surface area (Å²) in [5.41, 5.74) is 1.75. The van der Waals surface area contributed by atoms with E-state index in [1.54, 1.807) is 24.3 Å². The predicted octanol–water partition coefficient (Wildman–Crippen LogP) is 3.91. The van der Waals surface area contributed by atoms with Crippen molar-refractivity contribution in [1.82, 2.24) is 9.97 Å². The summed E-state index contributed by atoms with van der Waals surface area (Å²) in [6.07, 6.45) is 1.40. The van der Waals surface area contributed by atoms with Crippen molar-refractivity contribution in [3.8, 4) is 5.75 Å². The van der Waals surface area contributed by atoms with E-state index in [-0.39, 0.29) is 17.5 Å². The molecule has 0 radical (unpaired) electrons. The molecule has 122 valence electrons. The number of hydrogen-bond acceptors (Lipinski definition) is 5. The van der Waals surface area contributed by atoms with Gasteiger partial charge in [-0.05, 0) is 30.3 Å². The van der Waals surface area contributed by atoms with E-state index in [2.05, 4.69) is 20.6 Å². The number of carbonyl (C=O) groups excluding carboxylic acids is 1. The Morgan fingerprint density at radius 3 is 2.79 bits per heavy atom. The zero-order chi connectivity index (χ0) is 17.1. The maximum Gasteiger partial charge on any atom is 0.239 e. The summed E-state index contributed by atoms with van der Waals surface area (Å²) in [5, 5.41) is 16.5. The second-order valence-corrected chi connectivity index (χ2v) is 5.60. The third kappa shape index (κ3) is 3.50. The van der Waals surface area contributed by atoms with E-state index in [1.807, 2.05) is 0 Å². The van der Waals surface area contributed by atoms with E-state index in [4.69, 9.17) is 23.2 Å². The largest absolute Gasteiger partial charge is 0.508 e. The Kier molecular flexibility index (Phi) is 4.69. The van der Waals surface area contributed by atoms with Crippen LogP contribution in [0.3, 0.4) is 0 Å². The third-order valence-corrected chi connectivity index (χ3v) is 3.82. The maximum atomic E-state index is 11.4. The van der Waals surface area contributed by atoms with E-state index in [0.29, 0.717) is 27.7 Å². The lowest BCUT2D eigenvalue weighted by molar-refractivity contribution is -0.113. The molecule has 1 aromatic heterocycles. The number of aromatic hydroxyl groups is 1. The summed E-state index contributed by atoms with van der Waals surface area (Å²) >= 11 is 11.6. The van der Waals surface area contributed by atoms with Gasteiger partial charge in [-0.2, -0.15) is 0 Å². The molecule has 3 rings (SSSR count). The standard InChI is InChI=1S/C16H12Cl2N4O2/c17-7-15(24)21-9-1-3-11-13(5-9)19-8-20-16(11)22-14-6-10(23)2-4-12(14)18/h1-6,8,23H,7H2,(H,21,24)(H,19,20,22). The number of carbonyl (C=O) groups is 1. The van der Waals surface area contributed by atoms with Crippen molar-refractivity contribution < 1.29 is 9.90 Å². The molecule has 8 heteroatoms. The minimum Gasteiger partial charge on any atom is -0.508 e. The number of rotatable bonds is 4. The number of aromatic nitrogens is 2. The number of alkyl halides is 1. The van der Waals surface area contributed by atoms with Crippen LogP contribution in [-0.4, -0.2) is 26.9 Å². The van der Waals surface area contributed by atoms with Gasteiger partial charge in [-0.15, -0.1) is 11.6 Å². The third-order valence-electron chi connectivity index (χ3n) is 3.24. The van der Waals surface area contributed by atoms with Gasteiger partial charge in [0.2, 0.25) is 5.91 Å². The molecule has 0 saturated heterocycles. The Hall–Kier alpha value is -2.57. The van der Waals surface area contributed by atoms with E-state index < -0.39 is 0 Å². The number of fused-ring (bicyclic) bond motifs is 1. The molecule has 0 unspecified atom stereocenters. The molecule has 3 N–H and O–H groups in total. The van der Waals surface area contributed by atoms with Gasteiger partial charge in [0.25, 0.3) is 0 Å². The SMILES string of the molecule is O=C(CCl)Nc1ccc2c(Nc3cc(O)ccc3Cl)ncnc2c1. The van der Waals surface area contributed by atoms with Crippen LogP contribution in [0.5, 0.6) is 5.75 Å². The summed E-state index contributed by atoms with van der Waals surface area (Å²) in [7, 11) is 0. The quantitative estimate of drug-likeness (QED) is 0.612. The zero-order valence-corrected chi connectivity index (χ0v) is 13.8. The van der Waals surface area contributed by atoms with Crippen molar-refractivity contribution in [3.05, 3.63) is 47.7 Å². The number of benzene rings is 2. The number of hydrogen-bond donors (Lipinski definition) is 3. The Morgan fingerprint density at radius 1 is 1.17 bits per heavy atom. The molecule has 0 saturated carbocycles. The molecular formula is C16H12Cl2N4O2. The van der Waals surface area contributed by atoms with Crippen molar-refractivity contribution in [2.75, 3.05) is 16.5 Å². The molecule has 0 aliphatic heterocycles. The predicted molar refractivity (Wildman–Crippen MR) is 95.3 cm³/mol. The average molecular weight is 363 g/mol. The maximum absolute atomic E-state index is 11.4. The molecule has 3 aromatic rings. The molecular weight excluding hydrogens is 351 g/mol. The molecule has 6 nitrogen and oxygen atoms in total. The molecule has 1 heterocycles. The van der Waals surface area contributed by atoms with Crippen LogP contribution in [0, 0.1) is 0 Å². The lowest BCUT2D eigenvalue weighted by Gasteiger charge is -2.11. The van der Waals surface area contributed by atoms with E-state index in [0.717, 1.165) is 5.39 Å². The molecule has 0 aliphatic rings.